The molecule has 0 saturated carbocycles. The summed E-state index contributed by atoms with van der Waals surface area (Å²) >= 11 is 0. The molecule has 0 radical (unpaired) electrons. The maximum absolute atomic E-state index is 12.1. The number of hydrogen-bond donors (Lipinski definition) is 2. The normalized spacial score (nSPS) is 20.1. The number of nitrogens with one attached hydrogen (secondary N) is 2. The Labute approximate surface area is 134 Å². The molecule has 2 unspecified atom stereocenters. The largest absolute Gasteiger partial charge is 0.444 e. The van der Waals surface area contributed by atoms with Gasteiger partial charge in [0.2, 0.25) is 5.91 Å². The van der Waals surface area contributed by atoms with E-state index in [-0.39, 0.29) is 24.1 Å². The lowest BCUT2D eigenvalue weighted by atomic mass is 10.0. The summed E-state index contributed by atoms with van der Waals surface area (Å²) in [5.74, 6) is 0.433. The molecule has 0 spiro atoms. The molecule has 2 amide bonds. The third-order valence-corrected chi connectivity index (χ3v) is 3.55. The van der Waals surface area contributed by atoms with Gasteiger partial charge in [-0.25, -0.2) is 4.79 Å². The van der Waals surface area contributed by atoms with E-state index in [1.165, 1.54) is 0 Å². The number of carbonyl (C=O) groups excluding carboxylic acids is 2. The van der Waals surface area contributed by atoms with Gasteiger partial charge in [-0.3, -0.25) is 4.79 Å². The monoisotopic (exact) mass is 313 g/mol. The Kier molecular flexibility index (Phi) is 6.66. The number of rotatable bonds is 5. The van der Waals surface area contributed by atoms with Gasteiger partial charge >= 0.3 is 6.09 Å². The van der Waals surface area contributed by atoms with Gasteiger partial charge in [0.25, 0.3) is 0 Å². The summed E-state index contributed by atoms with van der Waals surface area (Å²) in [6.45, 7) is 11.0. The second-order valence-corrected chi connectivity index (χ2v) is 7.38. The first-order chi connectivity index (χ1) is 10.1. The van der Waals surface area contributed by atoms with E-state index in [0.29, 0.717) is 19.0 Å². The van der Waals surface area contributed by atoms with Crippen molar-refractivity contribution in [2.24, 2.45) is 5.92 Å². The third-order valence-electron chi connectivity index (χ3n) is 3.55. The Morgan fingerprint density at radius 2 is 1.95 bits per heavy atom. The highest BCUT2D eigenvalue weighted by molar-refractivity contribution is 5.81. The molecule has 0 aromatic heterocycles. The van der Waals surface area contributed by atoms with Crippen LogP contribution in [-0.4, -0.2) is 54.7 Å². The fourth-order valence-corrected chi connectivity index (χ4v) is 2.57. The predicted molar refractivity (Wildman–Crippen MR) is 86.7 cm³/mol. The molecular weight excluding hydrogens is 282 g/mol. The van der Waals surface area contributed by atoms with Crippen LogP contribution in [0.4, 0.5) is 4.79 Å². The Morgan fingerprint density at radius 3 is 2.45 bits per heavy atom. The van der Waals surface area contributed by atoms with E-state index < -0.39 is 5.60 Å². The minimum atomic E-state index is -0.481. The number of likely N-dealkylation sites (N-methyl/N-ethyl adjacent to an activating group) is 1. The molecule has 1 fully saturated rings. The number of nitrogens with zero attached hydrogens (tertiary/aromatic N) is 1. The van der Waals surface area contributed by atoms with Gasteiger partial charge in [-0.15, -0.1) is 0 Å². The van der Waals surface area contributed by atoms with Crippen LogP contribution in [0.3, 0.4) is 0 Å². The van der Waals surface area contributed by atoms with Gasteiger partial charge < -0.3 is 20.3 Å². The van der Waals surface area contributed by atoms with Crippen LogP contribution < -0.4 is 10.6 Å². The molecule has 0 bridgehead atoms. The minimum Gasteiger partial charge on any atom is -0.444 e. The maximum Gasteiger partial charge on any atom is 0.410 e. The topological polar surface area (TPSA) is 70.7 Å². The van der Waals surface area contributed by atoms with E-state index in [0.717, 1.165) is 12.8 Å². The minimum absolute atomic E-state index is 0.00409. The van der Waals surface area contributed by atoms with Crippen LogP contribution >= 0.6 is 0 Å². The van der Waals surface area contributed by atoms with E-state index >= 15 is 0 Å². The Morgan fingerprint density at radius 1 is 1.32 bits per heavy atom. The summed E-state index contributed by atoms with van der Waals surface area (Å²) in [5.41, 5.74) is -0.481. The molecule has 0 aliphatic carbocycles. The summed E-state index contributed by atoms with van der Waals surface area (Å²) in [4.78, 5) is 25.7. The molecule has 1 rings (SSSR count). The molecular formula is C16H31N3O3. The lowest BCUT2D eigenvalue weighted by Gasteiger charge is -2.25. The average Bonchev–Trinajstić information content (AvgIpc) is 2.83. The second kappa shape index (κ2) is 7.81. The van der Waals surface area contributed by atoms with Crippen LogP contribution in [-0.2, 0) is 9.53 Å². The van der Waals surface area contributed by atoms with Crippen molar-refractivity contribution in [2.75, 3.05) is 20.1 Å². The van der Waals surface area contributed by atoms with Crippen LogP contribution in [0.15, 0.2) is 0 Å². The van der Waals surface area contributed by atoms with Crippen molar-refractivity contribution < 1.29 is 14.3 Å². The average molecular weight is 313 g/mol. The molecule has 6 nitrogen and oxygen atoms in total. The van der Waals surface area contributed by atoms with E-state index in [1.54, 1.807) is 11.9 Å². The van der Waals surface area contributed by atoms with E-state index in [2.05, 4.69) is 24.5 Å². The highest BCUT2D eigenvalue weighted by Gasteiger charge is 2.32. The van der Waals surface area contributed by atoms with Gasteiger partial charge in [-0.2, -0.15) is 0 Å². The van der Waals surface area contributed by atoms with E-state index in [4.69, 9.17) is 4.74 Å². The number of ether oxygens (including phenoxy) is 1. The van der Waals surface area contributed by atoms with Crippen LogP contribution in [0.2, 0.25) is 0 Å². The zero-order valence-electron chi connectivity index (χ0n) is 14.7. The zero-order valence-corrected chi connectivity index (χ0v) is 14.7. The summed E-state index contributed by atoms with van der Waals surface area (Å²) in [5, 5.41) is 6.09. The first kappa shape index (κ1) is 18.7. The fraction of sp³-hybridized carbons (Fsp3) is 0.875. The standard InChI is InChI=1S/C16H31N3O3/c1-11(2)9-13(14(20)17-6)18-12-7-8-19(10-12)15(21)22-16(3,4)5/h11-13,18H,7-10H2,1-6H3,(H,17,20). The Bertz CT molecular complexity index is 391. The molecule has 1 aliphatic rings. The molecule has 6 heteroatoms. The van der Waals surface area contributed by atoms with Gasteiger partial charge in [0.05, 0.1) is 6.04 Å². The van der Waals surface area contributed by atoms with Crippen LogP contribution in [0.5, 0.6) is 0 Å². The van der Waals surface area contributed by atoms with Crippen LogP contribution in [0.25, 0.3) is 0 Å². The van der Waals surface area contributed by atoms with Crippen molar-refractivity contribution in [2.45, 2.75) is 65.1 Å². The second-order valence-electron chi connectivity index (χ2n) is 7.38. The molecule has 2 N–H and O–H groups in total. The molecule has 0 aromatic rings. The van der Waals surface area contributed by atoms with Gasteiger partial charge in [0.1, 0.15) is 5.60 Å². The zero-order chi connectivity index (χ0) is 16.9. The molecule has 128 valence electrons. The number of amides is 2. The highest BCUT2D eigenvalue weighted by Crippen LogP contribution is 2.16. The van der Waals surface area contributed by atoms with Crippen molar-refractivity contribution in [3.8, 4) is 0 Å². The molecule has 0 aromatic carbocycles. The summed E-state index contributed by atoms with van der Waals surface area (Å²) in [6, 6.07) is -0.0813. The maximum atomic E-state index is 12.1. The highest BCUT2D eigenvalue weighted by atomic mass is 16.6. The smallest absolute Gasteiger partial charge is 0.410 e. The van der Waals surface area contributed by atoms with Gasteiger partial charge in [0, 0.05) is 26.2 Å². The molecule has 2 atom stereocenters. The van der Waals surface area contributed by atoms with Gasteiger partial charge in [-0.1, -0.05) is 13.8 Å². The summed E-state index contributed by atoms with van der Waals surface area (Å²) in [7, 11) is 1.65. The fourth-order valence-electron chi connectivity index (χ4n) is 2.57. The van der Waals surface area contributed by atoms with Crippen LogP contribution in [0, 0.1) is 5.92 Å². The van der Waals surface area contributed by atoms with E-state index in [9.17, 15) is 9.59 Å². The van der Waals surface area contributed by atoms with Crippen molar-refractivity contribution in [1.29, 1.82) is 0 Å². The lowest BCUT2D eigenvalue weighted by molar-refractivity contribution is -0.123. The summed E-state index contributed by atoms with van der Waals surface area (Å²) in [6.07, 6.45) is 1.34. The first-order valence-corrected chi connectivity index (χ1v) is 8.08. The van der Waals surface area contributed by atoms with Gasteiger partial charge in [-0.05, 0) is 39.5 Å². The van der Waals surface area contributed by atoms with E-state index in [1.807, 2.05) is 20.8 Å². The van der Waals surface area contributed by atoms with Crippen molar-refractivity contribution in [3.05, 3.63) is 0 Å². The predicted octanol–water partition coefficient (Wildman–Crippen LogP) is 1.75. The Hall–Kier alpha value is -1.30. The SMILES string of the molecule is CNC(=O)C(CC(C)C)NC1CCN(C(=O)OC(C)(C)C)C1. The number of hydrogen-bond acceptors (Lipinski definition) is 4. The van der Waals surface area contributed by atoms with Gasteiger partial charge in [0.15, 0.2) is 0 Å². The lowest BCUT2D eigenvalue weighted by Crippen LogP contribution is -2.49. The van der Waals surface area contributed by atoms with Crippen molar-refractivity contribution in [3.63, 3.8) is 0 Å². The first-order valence-electron chi connectivity index (χ1n) is 8.08. The molecule has 1 aliphatic heterocycles. The molecule has 22 heavy (non-hydrogen) atoms. The molecule has 1 heterocycles. The summed E-state index contributed by atoms with van der Waals surface area (Å²) < 4.78 is 5.39. The Balaban J connectivity index is 2.54. The van der Waals surface area contributed by atoms with Crippen LogP contribution in [0.1, 0.15) is 47.5 Å². The number of likely N-dealkylation sites (tertiary alicyclic amines) is 1. The third kappa shape index (κ3) is 6.22. The number of carbonyl (C=O) groups is 2. The van der Waals surface area contributed by atoms with Crippen molar-refractivity contribution >= 4 is 12.0 Å². The molecule has 1 saturated heterocycles. The quantitative estimate of drug-likeness (QED) is 0.811. The van der Waals surface area contributed by atoms with Crippen molar-refractivity contribution in [1.82, 2.24) is 15.5 Å².